The minimum Gasteiger partial charge on any atom is -0.457 e. The third kappa shape index (κ3) is 6.18. The van der Waals surface area contributed by atoms with Gasteiger partial charge in [0.15, 0.2) is 0 Å². The zero-order chi connectivity index (χ0) is 18.8. The summed E-state index contributed by atoms with van der Waals surface area (Å²) in [6.07, 6.45) is 6.48. The van der Waals surface area contributed by atoms with Crippen LogP contribution in [0.15, 0.2) is 89.6 Å². The summed E-state index contributed by atoms with van der Waals surface area (Å²) in [5, 5.41) is 2.59. The fourth-order valence-electron chi connectivity index (χ4n) is 1.99. The van der Waals surface area contributed by atoms with E-state index < -0.39 is 11.9 Å². The van der Waals surface area contributed by atoms with E-state index in [1.807, 2.05) is 36.4 Å². The molecule has 26 heavy (non-hydrogen) atoms. The Labute approximate surface area is 161 Å². The fourth-order valence-corrected chi connectivity index (χ4v) is 2.25. The van der Waals surface area contributed by atoms with Gasteiger partial charge in [-0.15, -0.1) is 0 Å². The highest BCUT2D eigenvalue weighted by molar-refractivity contribution is 9.10. The molecule has 0 heterocycles. The van der Waals surface area contributed by atoms with E-state index >= 15 is 0 Å². The van der Waals surface area contributed by atoms with Crippen LogP contribution in [0.3, 0.4) is 0 Å². The molecule has 0 aliphatic rings. The van der Waals surface area contributed by atoms with Crippen LogP contribution in [0.25, 0.3) is 6.08 Å². The van der Waals surface area contributed by atoms with E-state index in [2.05, 4.69) is 27.8 Å². The molecule has 0 saturated carbocycles. The molecule has 0 aromatic heterocycles. The van der Waals surface area contributed by atoms with Crippen molar-refractivity contribution < 1.29 is 14.3 Å². The number of hydrogen-bond donors (Lipinski definition) is 1. The molecule has 0 aliphatic heterocycles. The van der Waals surface area contributed by atoms with Crippen molar-refractivity contribution in [3.63, 3.8) is 0 Å². The number of carbonyl (C=O) groups excluding carboxylic acids is 2. The fraction of sp³-hybridized carbons (Fsp3) is 0.0476. The Balaban J connectivity index is 2.17. The van der Waals surface area contributed by atoms with Crippen LogP contribution in [0, 0.1) is 0 Å². The summed E-state index contributed by atoms with van der Waals surface area (Å²) in [6, 6.07) is 16.4. The lowest BCUT2D eigenvalue weighted by Crippen LogP contribution is -2.28. The molecular weight excluding hydrogens is 394 g/mol. The number of halogens is 1. The molecule has 2 aromatic carbocycles. The molecule has 1 amide bonds. The minimum atomic E-state index is -0.631. The Morgan fingerprint density at radius 1 is 1.08 bits per heavy atom. The van der Waals surface area contributed by atoms with Crippen molar-refractivity contribution >= 4 is 33.9 Å². The van der Waals surface area contributed by atoms with Crippen LogP contribution in [-0.2, 0) is 9.53 Å². The Kier molecular flexibility index (Phi) is 7.58. The summed E-state index contributed by atoms with van der Waals surface area (Å²) < 4.78 is 5.89. The van der Waals surface area contributed by atoms with E-state index in [4.69, 9.17) is 4.74 Å². The van der Waals surface area contributed by atoms with E-state index in [0.29, 0.717) is 5.56 Å². The van der Waals surface area contributed by atoms with Gasteiger partial charge < -0.3 is 10.1 Å². The lowest BCUT2D eigenvalue weighted by Gasteiger charge is -2.09. The smallest absolute Gasteiger partial charge is 0.355 e. The molecule has 0 spiro atoms. The van der Waals surface area contributed by atoms with Crippen LogP contribution in [0.5, 0.6) is 0 Å². The van der Waals surface area contributed by atoms with Crippen molar-refractivity contribution in [2.24, 2.45) is 0 Å². The first-order chi connectivity index (χ1) is 12.6. The largest absolute Gasteiger partial charge is 0.457 e. The van der Waals surface area contributed by atoms with Gasteiger partial charge in [-0.1, -0.05) is 71.1 Å². The third-order valence-electron chi connectivity index (χ3n) is 3.26. The highest BCUT2D eigenvalue weighted by Gasteiger charge is 2.14. The first-order valence-corrected chi connectivity index (χ1v) is 8.68. The van der Waals surface area contributed by atoms with Gasteiger partial charge in [-0.05, 0) is 35.9 Å². The number of amides is 1. The molecule has 0 radical (unpaired) electrons. The maximum Gasteiger partial charge on any atom is 0.355 e. The second-order valence-corrected chi connectivity index (χ2v) is 6.11. The van der Waals surface area contributed by atoms with Crippen molar-refractivity contribution in [3.05, 3.63) is 101 Å². The van der Waals surface area contributed by atoms with E-state index in [-0.39, 0.29) is 12.3 Å². The molecule has 5 heteroatoms. The highest BCUT2D eigenvalue weighted by Crippen LogP contribution is 2.11. The molecule has 2 rings (SSSR count). The zero-order valence-electron chi connectivity index (χ0n) is 14.0. The van der Waals surface area contributed by atoms with Crippen LogP contribution in [-0.4, -0.2) is 18.5 Å². The van der Waals surface area contributed by atoms with E-state index in [1.165, 1.54) is 12.2 Å². The topological polar surface area (TPSA) is 55.4 Å². The van der Waals surface area contributed by atoms with Crippen molar-refractivity contribution in [1.29, 1.82) is 0 Å². The van der Waals surface area contributed by atoms with Gasteiger partial charge in [0, 0.05) is 10.0 Å². The molecule has 0 atom stereocenters. The average Bonchev–Trinajstić information content (AvgIpc) is 2.66. The number of nitrogens with one attached hydrogen (secondary N) is 1. The summed E-state index contributed by atoms with van der Waals surface area (Å²) >= 11 is 3.32. The Morgan fingerprint density at radius 2 is 1.77 bits per heavy atom. The number of allylic oxidation sites excluding steroid dienone is 2. The number of esters is 1. The van der Waals surface area contributed by atoms with Gasteiger partial charge in [0.2, 0.25) is 0 Å². The molecule has 0 unspecified atom stereocenters. The molecule has 0 bridgehead atoms. The van der Waals surface area contributed by atoms with Gasteiger partial charge in [0.1, 0.15) is 12.3 Å². The van der Waals surface area contributed by atoms with Gasteiger partial charge in [-0.2, -0.15) is 0 Å². The summed E-state index contributed by atoms with van der Waals surface area (Å²) in [4.78, 5) is 24.5. The summed E-state index contributed by atoms with van der Waals surface area (Å²) in [6.45, 7) is 3.57. The second kappa shape index (κ2) is 10.2. The Morgan fingerprint density at radius 3 is 2.42 bits per heavy atom. The van der Waals surface area contributed by atoms with Crippen molar-refractivity contribution in [3.8, 4) is 0 Å². The van der Waals surface area contributed by atoms with Crippen molar-refractivity contribution in [1.82, 2.24) is 5.32 Å². The SMILES string of the molecule is C=CCOC(=O)/C(=C\C=C\c1ccccc1)NC(=O)c1ccc(Br)cc1. The van der Waals surface area contributed by atoms with Gasteiger partial charge >= 0.3 is 5.97 Å². The molecule has 0 aliphatic carbocycles. The van der Waals surface area contributed by atoms with Gasteiger partial charge in [0.05, 0.1) is 0 Å². The summed E-state index contributed by atoms with van der Waals surface area (Å²) in [5.41, 5.74) is 1.46. The van der Waals surface area contributed by atoms with Crippen LogP contribution < -0.4 is 5.32 Å². The van der Waals surface area contributed by atoms with E-state index in [9.17, 15) is 9.59 Å². The van der Waals surface area contributed by atoms with Crippen LogP contribution in [0.4, 0.5) is 0 Å². The predicted octanol–water partition coefficient (Wildman–Crippen LogP) is 4.51. The predicted molar refractivity (Wildman–Crippen MR) is 106 cm³/mol. The molecule has 132 valence electrons. The van der Waals surface area contributed by atoms with E-state index in [0.717, 1.165) is 10.0 Å². The number of hydrogen-bond acceptors (Lipinski definition) is 3. The Bertz CT molecular complexity index is 824. The number of rotatable bonds is 7. The number of benzene rings is 2. The zero-order valence-corrected chi connectivity index (χ0v) is 15.6. The lowest BCUT2D eigenvalue weighted by atomic mass is 10.2. The highest BCUT2D eigenvalue weighted by atomic mass is 79.9. The Hall–Kier alpha value is -2.92. The second-order valence-electron chi connectivity index (χ2n) is 5.20. The molecule has 0 fully saturated rings. The molecule has 2 aromatic rings. The van der Waals surface area contributed by atoms with Crippen LogP contribution in [0.1, 0.15) is 15.9 Å². The minimum absolute atomic E-state index is 0.0481. The summed E-state index contributed by atoms with van der Waals surface area (Å²) in [5.74, 6) is -1.03. The third-order valence-corrected chi connectivity index (χ3v) is 3.79. The molecular formula is C21H18BrNO3. The number of ether oxygens (including phenoxy) is 1. The standard InChI is InChI=1S/C21H18BrNO3/c1-2-15-26-21(25)19(10-6-9-16-7-4-3-5-8-16)23-20(24)17-11-13-18(22)14-12-17/h2-14H,1,15H2,(H,23,24)/b9-6+,19-10+. The maximum absolute atomic E-state index is 12.4. The monoisotopic (exact) mass is 411 g/mol. The number of carbonyl (C=O) groups is 2. The van der Waals surface area contributed by atoms with Crippen LogP contribution >= 0.6 is 15.9 Å². The quantitative estimate of drug-likeness (QED) is 0.315. The molecule has 4 nitrogen and oxygen atoms in total. The van der Waals surface area contributed by atoms with Gasteiger partial charge in [-0.3, -0.25) is 4.79 Å². The maximum atomic E-state index is 12.4. The van der Waals surface area contributed by atoms with Crippen molar-refractivity contribution in [2.45, 2.75) is 0 Å². The van der Waals surface area contributed by atoms with Gasteiger partial charge in [-0.25, -0.2) is 4.79 Å². The normalized spacial score (nSPS) is 11.2. The first-order valence-electron chi connectivity index (χ1n) is 7.88. The molecule has 1 N–H and O–H groups in total. The average molecular weight is 412 g/mol. The van der Waals surface area contributed by atoms with Crippen molar-refractivity contribution in [2.75, 3.05) is 6.61 Å². The summed E-state index contributed by atoms with van der Waals surface area (Å²) in [7, 11) is 0. The van der Waals surface area contributed by atoms with E-state index in [1.54, 1.807) is 30.3 Å². The van der Waals surface area contributed by atoms with Gasteiger partial charge in [0.25, 0.3) is 5.91 Å². The lowest BCUT2D eigenvalue weighted by molar-refractivity contribution is -0.138. The molecule has 0 saturated heterocycles. The first kappa shape index (κ1) is 19.4. The van der Waals surface area contributed by atoms with Crippen LogP contribution in [0.2, 0.25) is 0 Å².